The van der Waals surface area contributed by atoms with Crippen molar-refractivity contribution in [3.63, 3.8) is 0 Å². The molecule has 5 nitrogen and oxygen atoms in total. The lowest BCUT2D eigenvalue weighted by Gasteiger charge is -2.38. The summed E-state index contributed by atoms with van der Waals surface area (Å²) in [6, 6.07) is 13.5. The minimum absolute atomic E-state index is 0.0646. The number of benzene rings is 1. The Hall–Kier alpha value is -2.52. The summed E-state index contributed by atoms with van der Waals surface area (Å²) in [7, 11) is 0. The average molecular weight is 367 g/mol. The standard InChI is InChI=1S/C20H21N3O2S/c1-14(2)26-18-5-3-15(4-6-18)10-20(24)23-12-17(13-23)25-19-9-16(11-21)7-8-22-19/h3-9,14,17H,10,12-13H2,1-2H3. The fraction of sp³-hybridized carbons (Fsp3) is 0.350. The van der Waals surface area contributed by atoms with Gasteiger partial charge in [0.05, 0.1) is 31.1 Å². The third-order valence-electron chi connectivity index (χ3n) is 4.00. The van der Waals surface area contributed by atoms with Crippen molar-refractivity contribution >= 4 is 17.7 Å². The maximum atomic E-state index is 12.4. The van der Waals surface area contributed by atoms with Crippen molar-refractivity contribution in [1.82, 2.24) is 9.88 Å². The first-order valence-electron chi connectivity index (χ1n) is 8.59. The monoisotopic (exact) mass is 367 g/mol. The van der Waals surface area contributed by atoms with Crippen LogP contribution in [0.2, 0.25) is 0 Å². The first kappa shape index (κ1) is 18.3. The highest BCUT2D eigenvalue weighted by atomic mass is 32.2. The minimum Gasteiger partial charge on any atom is -0.471 e. The van der Waals surface area contributed by atoms with Crippen LogP contribution in [-0.2, 0) is 11.2 Å². The van der Waals surface area contributed by atoms with E-state index in [0.29, 0.717) is 36.2 Å². The highest BCUT2D eigenvalue weighted by Gasteiger charge is 2.32. The van der Waals surface area contributed by atoms with Crippen LogP contribution in [0.25, 0.3) is 0 Å². The fourth-order valence-electron chi connectivity index (χ4n) is 2.67. The first-order valence-corrected chi connectivity index (χ1v) is 9.47. The summed E-state index contributed by atoms with van der Waals surface area (Å²) >= 11 is 1.81. The summed E-state index contributed by atoms with van der Waals surface area (Å²) in [5.74, 6) is 0.534. The lowest BCUT2D eigenvalue weighted by atomic mass is 10.1. The maximum absolute atomic E-state index is 12.4. The van der Waals surface area contributed by atoms with E-state index in [1.807, 2.05) is 23.9 Å². The molecule has 0 unspecified atom stereocenters. The molecule has 1 amide bonds. The number of thioether (sulfide) groups is 1. The number of nitriles is 1. The molecule has 1 aliphatic heterocycles. The number of amides is 1. The van der Waals surface area contributed by atoms with Gasteiger partial charge in [0, 0.05) is 22.4 Å². The van der Waals surface area contributed by atoms with Crippen molar-refractivity contribution < 1.29 is 9.53 Å². The highest BCUT2D eigenvalue weighted by Crippen LogP contribution is 2.23. The van der Waals surface area contributed by atoms with Crippen molar-refractivity contribution in [3.05, 3.63) is 53.7 Å². The summed E-state index contributed by atoms with van der Waals surface area (Å²) in [4.78, 5) is 19.5. The van der Waals surface area contributed by atoms with Gasteiger partial charge in [-0.3, -0.25) is 4.79 Å². The van der Waals surface area contributed by atoms with E-state index in [1.165, 1.54) is 4.90 Å². The highest BCUT2D eigenvalue weighted by molar-refractivity contribution is 7.99. The Morgan fingerprint density at radius 1 is 1.35 bits per heavy atom. The second kappa shape index (κ2) is 8.24. The number of carbonyl (C=O) groups excluding carboxylic acids is 1. The molecule has 2 heterocycles. The van der Waals surface area contributed by atoms with E-state index in [0.717, 1.165) is 5.56 Å². The zero-order valence-electron chi connectivity index (χ0n) is 14.9. The molecule has 1 aromatic carbocycles. The van der Waals surface area contributed by atoms with Crippen LogP contribution in [0.5, 0.6) is 5.88 Å². The van der Waals surface area contributed by atoms with Crippen LogP contribution < -0.4 is 4.74 Å². The Kier molecular flexibility index (Phi) is 5.79. The van der Waals surface area contributed by atoms with Gasteiger partial charge in [0.1, 0.15) is 6.10 Å². The lowest BCUT2D eigenvalue weighted by molar-refractivity contribution is -0.139. The number of rotatable bonds is 6. The molecule has 1 aromatic heterocycles. The normalized spacial score (nSPS) is 14.0. The predicted molar refractivity (Wildman–Crippen MR) is 101 cm³/mol. The Bertz CT molecular complexity index is 809. The fourth-order valence-corrected chi connectivity index (χ4v) is 3.51. The second-order valence-electron chi connectivity index (χ2n) is 6.52. The number of nitrogens with zero attached hydrogens (tertiary/aromatic N) is 3. The van der Waals surface area contributed by atoms with Gasteiger partial charge in [0.15, 0.2) is 0 Å². The number of hydrogen-bond donors (Lipinski definition) is 0. The van der Waals surface area contributed by atoms with E-state index in [-0.39, 0.29) is 12.0 Å². The van der Waals surface area contributed by atoms with E-state index >= 15 is 0 Å². The SMILES string of the molecule is CC(C)Sc1ccc(CC(=O)N2CC(Oc3cc(C#N)ccn3)C2)cc1. The van der Waals surface area contributed by atoms with E-state index in [1.54, 1.807) is 23.2 Å². The third kappa shape index (κ3) is 4.77. The van der Waals surface area contributed by atoms with Gasteiger partial charge in [-0.05, 0) is 23.8 Å². The van der Waals surface area contributed by atoms with Crippen molar-refractivity contribution in [1.29, 1.82) is 5.26 Å². The van der Waals surface area contributed by atoms with Crippen LogP contribution in [0.3, 0.4) is 0 Å². The van der Waals surface area contributed by atoms with Crippen LogP contribution in [0, 0.1) is 11.3 Å². The first-order chi connectivity index (χ1) is 12.5. The van der Waals surface area contributed by atoms with Crippen molar-refractivity contribution in [2.75, 3.05) is 13.1 Å². The molecule has 0 radical (unpaired) electrons. The van der Waals surface area contributed by atoms with Gasteiger partial charge in [0.2, 0.25) is 11.8 Å². The average Bonchev–Trinajstić information content (AvgIpc) is 2.59. The summed E-state index contributed by atoms with van der Waals surface area (Å²) in [6.07, 6.45) is 1.89. The van der Waals surface area contributed by atoms with Gasteiger partial charge in [0.25, 0.3) is 0 Å². The maximum Gasteiger partial charge on any atom is 0.227 e. The van der Waals surface area contributed by atoms with E-state index in [4.69, 9.17) is 10.00 Å². The predicted octanol–water partition coefficient (Wildman–Crippen LogP) is 3.29. The minimum atomic E-state index is -0.0646. The molecule has 0 atom stereocenters. The molecule has 3 rings (SSSR count). The zero-order valence-corrected chi connectivity index (χ0v) is 15.7. The number of carbonyl (C=O) groups is 1. The zero-order chi connectivity index (χ0) is 18.5. The smallest absolute Gasteiger partial charge is 0.227 e. The largest absolute Gasteiger partial charge is 0.471 e. The van der Waals surface area contributed by atoms with Gasteiger partial charge in [-0.2, -0.15) is 5.26 Å². The summed E-state index contributed by atoms with van der Waals surface area (Å²) in [5, 5.41) is 9.44. The molecule has 6 heteroatoms. The molecule has 0 saturated carbocycles. The molecule has 1 saturated heterocycles. The second-order valence-corrected chi connectivity index (χ2v) is 8.17. The Balaban J connectivity index is 1.46. The third-order valence-corrected chi connectivity index (χ3v) is 5.02. The van der Waals surface area contributed by atoms with Crippen LogP contribution in [0.4, 0.5) is 0 Å². The Morgan fingerprint density at radius 2 is 2.08 bits per heavy atom. The van der Waals surface area contributed by atoms with Crippen molar-refractivity contribution in [2.45, 2.75) is 36.5 Å². The van der Waals surface area contributed by atoms with E-state index in [2.05, 4.69) is 37.0 Å². The van der Waals surface area contributed by atoms with Gasteiger partial charge < -0.3 is 9.64 Å². The number of likely N-dealkylation sites (tertiary alicyclic amines) is 1. The van der Waals surface area contributed by atoms with Gasteiger partial charge in [-0.15, -0.1) is 11.8 Å². The number of hydrogen-bond acceptors (Lipinski definition) is 5. The summed E-state index contributed by atoms with van der Waals surface area (Å²) < 4.78 is 5.72. The van der Waals surface area contributed by atoms with Crippen LogP contribution in [-0.4, -0.2) is 40.2 Å². The quantitative estimate of drug-likeness (QED) is 0.733. The molecular formula is C20H21N3O2S. The molecular weight excluding hydrogens is 346 g/mol. The summed E-state index contributed by atoms with van der Waals surface area (Å²) in [6.45, 7) is 5.43. The van der Waals surface area contributed by atoms with Crippen LogP contribution >= 0.6 is 11.8 Å². The van der Waals surface area contributed by atoms with Crippen molar-refractivity contribution in [2.24, 2.45) is 0 Å². The summed E-state index contributed by atoms with van der Waals surface area (Å²) in [5.41, 5.74) is 1.54. The molecule has 0 N–H and O–H groups in total. The molecule has 2 aromatic rings. The topological polar surface area (TPSA) is 66.2 Å². The van der Waals surface area contributed by atoms with E-state index < -0.39 is 0 Å². The molecule has 26 heavy (non-hydrogen) atoms. The molecule has 0 spiro atoms. The Morgan fingerprint density at radius 3 is 2.73 bits per heavy atom. The number of pyridine rings is 1. The van der Waals surface area contributed by atoms with Gasteiger partial charge in [-0.1, -0.05) is 26.0 Å². The van der Waals surface area contributed by atoms with Gasteiger partial charge >= 0.3 is 0 Å². The number of ether oxygens (including phenoxy) is 1. The number of aromatic nitrogens is 1. The van der Waals surface area contributed by atoms with Crippen molar-refractivity contribution in [3.8, 4) is 11.9 Å². The molecule has 0 bridgehead atoms. The van der Waals surface area contributed by atoms with Crippen LogP contribution in [0.1, 0.15) is 25.0 Å². The van der Waals surface area contributed by atoms with E-state index in [9.17, 15) is 4.79 Å². The van der Waals surface area contributed by atoms with Gasteiger partial charge in [-0.25, -0.2) is 4.98 Å². The molecule has 0 aliphatic carbocycles. The molecule has 134 valence electrons. The lowest BCUT2D eigenvalue weighted by Crippen LogP contribution is -2.56. The molecule has 1 fully saturated rings. The molecule has 1 aliphatic rings. The Labute approximate surface area is 158 Å². The van der Waals surface area contributed by atoms with Crippen LogP contribution in [0.15, 0.2) is 47.5 Å².